The highest BCUT2D eigenvalue weighted by Gasteiger charge is 2.37. The number of benzene rings is 4. The van der Waals surface area contributed by atoms with E-state index >= 15 is 0 Å². The summed E-state index contributed by atoms with van der Waals surface area (Å²) in [5.41, 5.74) is 8.16. The third-order valence-electron chi connectivity index (χ3n) is 16.0. The number of carbonyl (C=O) groups is 16. The molecule has 592 valence electrons. The van der Waals surface area contributed by atoms with Gasteiger partial charge in [0.05, 0.1) is 30.8 Å². The van der Waals surface area contributed by atoms with Crippen molar-refractivity contribution in [3.63, 3.8) is 0 Å². The number of aliphatic hydroxyl groups excluding tert-OH is 1. The molecule has 0 bridgehead atoms. The number of esters is 1. The van der Waals surface area contributed by atoms with Gasteiger partial charge in [0.25, 0.3) is 21.9 Å². The number of aliphatic carboxylic acids is 4. The van der Waals surface area contributed by atoms with Crippen molar-refractivity contribution in [2.24, 2.45) is 16.0 Å². The van der Waals surface area contributed by atoms with E-state index in [-0.39, 0.29) is 50.0 Å². The van der Waals surface area contributed by atoms with E-state index < -0.39 is 222 Å². The van der Waals surface area contributed by atoms with Crippen LogP contribution in [0.3, 0.4) is 0 Å². The van der Waals surface area contributed by atoms with Gasteiger partial charge in [-0.2, -0.15) is 18.6 Å². The minimum Gasteiger partial charge on any atom is -0.481 e. The van der Waals surface area contributed by atoms with Crippen molar-refractivity contribution in [3.8, 4) is 0 Å². The number of ether oxygens (including phenoxy) is 1. The van der Waals surface area contributed by atoms with Crippen LogP contribution in [0.4, 0.5) is 22.7 Å². The Labute approximate surface area is 623 Å². The molecule has 0 saturated heterocycles. The number of azo groups is 1. The van der Waals surface area contributed by atoms with E-state index in [2.05, 4.69) is 68.7 Å². The Morgan fingerprint density at radius 3 is 1.44 bits per heavy atom. The number of nitrogens with one attached hydrogen (secondary N) is 11. The number of nitrogens with two attached hydrogens (primary N) is 1. The van der Waals surface area contributed by atoms with E-state index in [9.17, 15) is 115 Å². The number of fused-ring (bicyclic) bond motifs is 1. The summed E-state index contributed by atoms with van der Waals surface area (Å²) in [4.78, 5) is 210. The number of aliphatic hydroxyl groups is 1. The Morgan fingerprint density at radius 2 is 0.972 bits per heavy atom. The Morgan fingerprint density at radius 1 is 0.514 bits per heavy atom. The first-order chi connectivity index (χ1) is 51.4. The first-order valence-corrected chi connectivity index (χ1v) is 35.3. The first kappa shape index (κ1) is 89.1. The van der Waals surface area contributed by atoms with Crippen molar-refractivity contribution < 1.29 is 120 Å². The van der Waals surface area contributed by atoms with Crippen molar-refractivity contribution in [2.75, 3.05) is 50.6 Å². The SMILES string of the molecule is CCC(NC(=O)C(CCC(=O)O)NC(=O)C(CCC(=O)O)NC(=O)C(CC(=O)NCCNc1cccc2cccc(S(=O)(=O)O)c12)NC(=O)C(CCC(=O)O)NC(=O)C(CC(=O)O)NC(C)=O)C(=O)OC(C)C(=O)NC(CO)C(=O)NC(CCCCNC(=O)c1ccc(N=Nc2ccc(N(C)C)cc2)cc1)C(N)=O. The Bertz CT molecular complexity index is 4090. The highest BCUT2D eigenvalue weighted by Crippen LogP contribution is 2.30. The second-order valence-corrected chi connectivity index (χ2v) is 26.1. The molecule has 9 atom stereocenters. The second-order valence-electron chi connectivity index (χ2n) is 24.7. The van der Waals surface area contributed by atoms with Gasteiger partial charge in [-0.1, -0.05) is 31.2 Å². The maximum Gasteiger partial charge on any atom is 0.329 e. The van der Waals surface area contributed by atoms with Gasteiger partial charge >= 0.3 is 29.8 Å². The first-order valence-electron chi connectivity index (χ1n) is 33.9. The molecule has 0 spiro atoms. The fourth-order valence-electron chi connectivity index (χ4n) is 10.2. The molecule has 9 unspecified atom stereocenters. The number of carbonyl (C=O) groups excluding carboxylic acids is 12. The Balaban J connectivity index is 1.46. The van der Waals surface area contributed by atoms with Crippen LogP contribution in [0, 0.1) is 0 Å². The number of hydrogen-bond acceptors (Lipinski definition) is 24. The lowest BCUT2D eigenvalue weighted by Crippen LogP contribution is -2.60. The topological polar surface area (TPSA) is 624 Å². The zero-order valence-electron chi connectivity index (χ0n) is 59.9. The maximum atomic E-state index is 14.4. The van der Waals surface area contributed by atoms with Crippen LogP contribution in [0.2, 0.25) is 0 Å². The van der Waals surface area contributed by atoms with Crippen LogP contribution >= 0.6 is 0 Å². The predicted molar refractivity (Wildman–Crippen MR) is 384 cm³/mol. The van der Waals surface area contributed by atoms with E-state index in [1.165, 1.54) is 19.1 Å². The molecule has 4 aromatic rings. The monoisotopic (exact) mass is 1550 g/mol. The van der Waals surface area contributed by atoms with Crippen molar-refractivity contribution in [1.82, 2.24) is 53.2 Å². The van der Waals surface area contributed by atoms with E-state index in [1.807, 2.05) is 43.3 Å². The lowest BCUT2D eigenvalue weighted by atomic mass is 10.0. The molecule has 11 amide bonds. The third-order valence-corrected chi connectivity index (χ3v) is 16.9. The number of nitrogens with zero attached hydrogens (tertiary/aromatic N) is 3. The fourth-order valence-corrected chi connectivity index (χ4v) is 10.9. The molecule has 4 aromatic carbocycles. The summed E-state index contributed by atoms with van der Waals surface area (Å²) in [6.07, 6.45) is -8.88. The van der Waals surface area contributed by atoms with E-state index in [4.69, 9.17) is 10.5 Å². The number of amides is 11. The van der Waals surface area contributed by atoms with Gasteiger partial charge in [-0.15, -0.1) is 0 Å². The largest absolute Gasteiger partial charge is 0.481 e. The average molecular weight is 1550 g/mol. The molecule has 0 aromatic heterocycles. The smallest absolute Gasteiger partial charge is 0.329 e. The predicted octanol–water partition coefficient (Wildman–Crippen LogP) is -1.13. The highest BCUT2D eigenvalue weighted by molar-refractivity contribution is 7.86. The molecular weight excluding hydrogens is 1460 g/mol. The zero-order valence-corrected chi connectivity index (χ0v) is 60.7. The standard InChI is InChI=1S/C68H89N15O25S/c1-6-43(68(104)108-36(2)60(96)80-51(35-84)67(103)75-45(59(69)95)13-7-8-30-72-61(97)39-16-18-40(19-17-39)81-82-41-20-22-42(23-21-41)83(4)5)74-62(98)46(24-27-54(87)88)76-63(99)47(25-28-55(89)90)77-65(101)49(79-64(100)48(26-29-56(91)92)78-66(102)50(34-57(93)94)73-37(3)85)33-53(86)71-32-31-70-44-14-9-11-38-12-10-15-52(58(38)44)109(105,106)107/h9-12,14-23,36,43,45-51,70,84H,6-8,13,24-35H2,1-5H3,(H2,69,95)(H,71,86)(H,72,97)(H,73,85)(H,74,98)(H,75,103)(H,76,99)(H,77,101)(H,78,102)(H,79,100)(H,80,96)(H,87,88)(H,89,90)(H,91,92)(H,93,94)(H,105,106,107). The van der Waals surface area contributed by atoms with Crippen molar-refractivity contribution in [3.05, 3.63) is 90.5 Å². The number of unbranched alkanes of at least 4 members (excludes halogenated alkanes) is 1. The minimum absolute atomic E-state index is 0.0477. The molecule has 0 radical (unpaired) electrons. The van der Waals surface area contributed by atoms with Gasteiger partial charge in [0.15, 0.2) is 6.10 Å². The fraction of sp³-hybridized carbons (Fsp3) is 0.441. The van der Waals surface area contributed by atoms with E-state index in [1.54, 1.807) is 42.5 Å². The van der Waals surface area contributed by atoms with Gasteiger partial charge < -0.3 is 99.4 Å². The summed E-state index contributed by atoms with van der Waals surface area (Å²) < 4.78 is 39.7. The number of primary amides is 1. The summed E-state index contributed by atoms with van der Waals surface area (Å²) in [5, 5.41) is 82.7. The van der Waals surface area contributed by atoms with Crippen LogP contribution in [-0.2, 0) is 86.8 Å². The van der Waals surface area contributed by atoms with Gasteiger partial charge in [0.2, 0.25) is 53.2 Å². The normalized spacial score (nSPS) is 13.6. The molecule has 0 aliphatic rings. The second kappa shape index (κ2) is 44.0. The van der Waals surface area contributed by atoms with Crippen LogP contribution in [0.25, 0.3) is 10.8 Å². The van der Waals surface area contributed by atoms with Crippen molar-refractivity contribution in [2.45, 2.75) is 157 Å². The number of carboxylic acid groups (broad SMARTS) is 4. The number of anilines is 2. The molecular formula is C68H89N15O25S. The number of carboxylic acids is 4. The summed E-state index contributed by atoms with van der Waals surface area (Å²) in [7, 11) is -0.939. The Hall–Kier alpha value is -12.3. The highest BCUT2D eigenvalue weighted by atomic mass is 32.2. The summed E-state index contributed by atoms with van der Waals surface area (Å²) in [6.45, 7) is 1.85. The third kappa shape index (κ3) is 31.0. The van der Waals surface area contributed by atoms with Crippen LogP contribution in [-0.4, -0.2) is 228 Å². The zero-order chi connectivity index (χ0) is 81.2. The molecule has 0 aliphatic heterocycles. The van der Waals surface area contributed by atoms with Crippen LogP contribution in [0.1, 0.15) is 108 Å². The number of rotatable bonds is 47. The van der Waals surface area contributed by atoms with Gasteiger partial charge in [-0.25, -0.2) is 4.79 Å². The molecule has 0 aliphatic carbocycles. The van der Waals surface area contributed by atoms with Crippen molar-refractivity contribution in [1.29, 1.82) is 0 Å². The molecule has 0 fully saturated rings. The molecule has 41 heteroatoms. The van der Waals surface area contributed by atoms with E-state index in [0.717, 1.165) is 25.6 Å². The number of hydrogen-bond donors (Lipinski definition) is 18. The van der Waals surface area contributed by atoms with Gasteiger partial charge in [0.1, 0.15) is 53.2 Å². The molecule has 109 heavy (non-hydrogen) atoms. The summed E-state index contributed by atoms with van der Waals surface area (Å²) >= 11 is 0. The molecule has 0 saturated carbocycles. The summed E-state index contributed by atoms with van der Waals surface area (Å²) in [6, 6.07) is 7.46. The van der Waals surface area contributed by atoms with Gasteiger partial charge in [-0.05, 0) is 118 Å². The van der Waals surface area contributed by atoms with Crippen LogP contribution in [0.5, 0.6) is 0 Å². The lowest BCUT2D eigenvalue weighted by molar-refractivity contribution is -0.158. The molecule has 19 N–H and O–H groups in total. The van der Waals surface area contributed by atoms with Gasteiger partial charge in [-0.3, -0.25) is 76.5 Å². The van der Waals surface area contributed by atoms with Crippen molar-refractivity contribution >= 4 is 138 Å². The summed E-state index contributed by atoms with van der Waals surface area (Å²) in [5.74, 6) is -20.2. The van der Waals surface area contributed by atoms with Crippen LogP contribution in [0.15, 0.2) is 100 Å². The Kier molecular flexibility index (Phi) is 36.0. The quantitative estimate of drug-likeness (QED) is 0.0108. The molecule has 40 nitrogen and oxygen atoms in total. The lowest BCUT2D eigenvalue weighted by Gasteiger charge is -2.27. The molecule has 0 heterocycles. The average Bonchev–Trinajstić information content (AvgIpc) is 0.781. The van der Waals surface area contributed by atoms with Crippen LogP contribution < -0.4 is 69.1 Å². The molecule has 4 rings (SSSR count). The van der Waals surface area contributed by atoms with E-state index in [0.29, 0.717) is 28.7 Å². The minimum atomic E-state index is -4.76. The van der Waals surface area contributed by atoms with Gasteiger partial charge in [0, 0.05) is 82.2 Å². The maximum absolute atomic E-state index is 14.4.